The first kappa shape index (κ1) is 15.9. The topological polar surface area (TPSA) is 83.6 Å². The molecule has 0 bridgehead atoms. The van der Waals surface area contributed by atoms with Gasteiger partial charge in [-0.2, -0.15) is 4.31 Å². The van der Waals surface area contributed by atoms with E-state index in [0.29, 0.717) is 17.8 Å². The minimum absolute atomic E-state index is 0.0417. The number of likely N-dealkylation sites (N-methyl/N-ethyl adjacent to an activating group) is 1. The van der Waals surface area contributed by atoms with E-state index in [-0.39, 0.29) is 11.4 Å². The Bertz CT molecular complexity index is 547. The molecule has 0 aliphatic heterocycles. The molecule has 1 aromatic rings. The van der Waals surface area contributed by atoms with Crippen LogP contribution in [0.15, 0.2) is 23.1 Å². The van der Waals surface area contributed by atoms with Crippen molar-refractivity contribution >= 4 is 15.7 Å². The fourth-order valence-corrected chi connectivity index (χ4v) is 3.71. The van der Waals surface area contributed by atoms with Gasteiger partial charge >= 0.3 is 0 Å². The molecule has 108 valence electrons. The summed E-state index contributed by atoms with van der Waals surface area (Å²) in [5.74, 6) is 0. The second kappa shape index (κ2) is 5.48. The van der Waals surface area contributed by atoms with Crippen LogP contribution in [-0.4, -0.2) is 36.5 Å². The van der Waals surface area contributed by atoms with Gasteiger partial charge in [0.05, 0.1) is 10.5 Å². The average molecular weight is 286 g/mol. The monoisotopic (exact) mass is 286 g/mol. The largest absolute Gasteiger partial charge is 0.398 e. The summed E-state index contributed by atoms with van der Waals surface area (Å²) in [6.07, 6.45) is 0. The lowest BCUT2D eigenvalue weighted by atomic mass is 10.1. The van der Waals surface area contributed by atoms with Gasteiger partial charge in [0.2, 0.25) is 10.0 Å². The molecule has 0 aliphatic rings. The molecular weight excluding hydrogens is 264 g/mol. The second-order valence-electron chi connectivity index (χ2n) is 5.21. The van der Waals surface area contributed by atoms with Crippen molar-refractivity contribution in [2.45, 2.75) is 38.2 Å². The van der Waals surface area contributed by atoms with Crippen LogP contribution in [0.1, 0.15) is 26.3 Å². The van der Waals surface area contributed by atoms with Gasteiger partial charge < -0.3 is 10.8 Å². The highest BCUT2D eigenvalue weighted by molar-refractivity contribution is 7.89. The molecule has 19 heavy (non-hydrogen) atoms. The third kappa shape index (κ3) is 3.68. The summed E-state index contributed by atoms with van der Waals surface area (Å²) in [4.78, 5) is 0.193. The molecule has 5 nitrogen and oxygen atoms in total. The van der Waals surface area contributed by atoms with Crippen molar-refractivity contribution in [2.75, 3.05) is 18.8 Å². The number of benzene rings is 1. The number of anilines is 1. The van der Waals surface area contributed by atoms with Crippen molar-refractivity contribution in [1.82, 2.24) is 4.31 Å². The SMILES string of the molecule is CCN(CC(C)(C)O)S(=O)(=O)c1cccc(N)c1C. The van der Waals surface area contributed by atoms with E-state index in [4.69, 9.17) is 5.73 Å². The molecule has 0 spiro atoms. The maximum atomic E-state index is 12.6. The van der Waals surface area contributed by atoms with Crippen LogP contribution in [0.4, 0.5) is 5.69 Å². The van der Waals surface area contributed by atoms with E-state index in [1.807, 2.05) is 0 Å². The highest BCUT2D eigenvalue weighted by atomic mass is 32.2. The van der Waals surface area contributed by atoms with E-state index in [1.54, 1.807) is 39.8 Å². The standard InChI is InChI=1S/C13H22N2O3S/c1-5-15(9-13(3,4)16)19(17,18)12-8-6-7-11(14)10(12)2/h6-8,16H,5,9,14H2,1-4H3. The Balaban J connectivity index is 3.25. The Labute approximate surface area is 115 Å². The highest BCUT2D eigenvalue weighted by Crippen LogP contribution is 2.24. The second-order valence-corrected chi connectivity index (χ2v) is 7.12. The van der Waals surface area contributed by atoms with E-state index >= 15 is 0 Å². The van der Waals surface area contributed by atoms with Gasteiger partial charge in [0.1, 0.15) is 0 Å². The molecule has 1 aromatic carbocycles. The molecule has 6 heteroatoms. The number of hydrogen-bond acceptors (Lipinski definition) is 4. The van der Waals surface area contributed by atoms with Crippen LogP contribution in [0.3, 0.4) is 0 Å². The number of aliphatic hydroxyl groups is 1. The first-order valence-corrected chi connectivity index (χ1v) is 7.61. The normalized spacial score (nSPS) is 12.9. The van der Waals surface area contributed by atoms with Gasteiger partial charge in [-0.25, -0.2) is 8.42 Å². The molecule has 0 aromatic heterocycles. The van der Waals surface area contributed by atoms with Crippen molar-refractivity contribution in [3.63, 3.8) is 0 Å². The van der Waals surface area contributed by atoms with E-state index in [2.05, 4.69) is 0 Å². The Morgan fingerprint density at radius 2 is 1.95 bits per heavy atom. The number of nitrogen functional groups attached to an aromatic ring is 1. The van der Waals surface area contributed by atoms with Crippen molar-refractivity contribution in [2.24, 2.45) is 0 Å². The molecule has 0 saturated heterocycles. The Kier molecular flexibility index (Phi) is 4.60. The lowest BCUT2D eigenvalue weighted by molar-refractivity contribution is 0.0601. The lowest BCUT2D eigenvalue weighted by Gasteiger charge is -2.28. The molecular formula is C13H22N2O3S. The Hall–Kier alpha value is -1.11. The highest BCUT2D eigenvalue weighted by Gasteiger charge is 2.29. The summed E-state index contributed by atoms with van der Waals surface area (Å²) >= 11 is 0. The van der Waals surface area contributed by atoms with Crippen molar-refractivity contribution in [1.29, 1.82) is 0 Å². The van der Waals surface area contributed by atoms with Gasteiger partial charge in [-0.05, 0) is 38.5 Å². The van der Waals surface area contributed by atoms with E-state index in [9.17, 15) is 13.5 Å². The number of nitrogens with two attached hydrogens (primary N) is 1. The van der Waals surface area contributed by atoms with E-state index < -0.39 is 15.6 Å². The van der Waals surface area contributed by atoms with Crippen LogP contribution >= 0.6 is 0 Å². The quantitative estimate of drug-likeness (QED) is 0.801. The van der Waals surface area contributed by atoms with Gasteiger partial charge in [-0.1, -0.05) is 13.0 Å². The molecule has 0 amide bonds. The molecule has 0 unspecified atom stereocenters. The molecule has 3 N–H and O–H groups in total. The summed E-state index contributed by atoms with van der Waals surface area (Å²) in [5.41, 5.74) is 5.65. The molecule has 0 radical (unpaired) electrons. The molecule has 0 heterocycles. The summed E-state index contributed by atoms with van der Waals surface area (Å²) < 4.78 is 26.4. The Morgan fingerprint density at radius 3 is 2.42 bits per heavy atom. The number of sulfonamides is 1. The maximum absolute atomic E-state index is 12.6. The molecule has 0 atom stereocenters. The zero-order valence-electron chi connectivity index (χ0n) is 11.8. The zero-order valence-corrected chi connectivity index (χ0v) is 12.7. The predicted octanol–water partition coefficient (Wildman–Crippen LogP) is 1.36. The number of rotatable bonds is 5. The van der Waals surface area contributed by atoms with Gasteiger partial charge in [-0.3, -0.25) is 0 Å². The van der Waals surface area contributed by atoms with Crippen molar-refractivity contribution < 1.29 is 13.5 Å². The minimum atomic E-state index is -3.64. The lowest BCUT2D eigenvalue weighted by Crippen LogP contribution is -2.42. The third-order valence-corrected chi connectivity index (χ3v) is 4.93. The van der Waals surface area contributed by atoms with Crippen molar-refractivity contribution in [3.8, 4) is 0 Å². The summed E-state index contributed by atoms with van der Waals surface area (Å²) in [5, 5.41) is 9.82. The fourth-order valence-electron chi connectivity index (χ4n) is 1.85. The Morgan fingerprint density at radius 1 is 1.37 bits per heavy atom. The fraction of sp³-hybridized carbons (Fsp3) is 0.538. The van der Waals surface area contributed by atoms with E-state index in [0.717, 1.165) is 0 Å². The van der Waals surface area contributed by atoms with Gasteiger partial charge in [0.15, 0.2) is 0 Å². The first-order valence-electron chi connectivity index (χ1n) is 6.17. The first-order chi connectivity index (χ1) is 8.59. The van der Waals surface area contributed by atoms with Crippen LogP contribution in [0.5, 0.6) is 0 Å². The summed E-state index contributed by atoms with van der Waals surface area (Å²) in [6, 6.07) is 4.82. The average Bonchev–Trinajstić information content (AvgIpc) is 2.28. The third-order valence-electron chi connectivity index (χ3n) is 2.86. The number of hydrogen-bond donors (Lipinski definition) is 2. The molecule has 0 saturated carbocycles. The van der Waals surface area contributed by atoms with Crippen LogP contribution < -0.4 is 5.73 Å². The smallest absolute Gasteiger partial charge is 0.243 e. The van der Waals surface area contributed by atoms with Crippen molar-refractivity contribution in [3.05, 3.63) is 23.8 Å². The van der Waals surface area contributed by atoms with Crippen LogP contribution in [0.2, 0.25) is 0 Å². The molecule has 0 fully saturated rings. The van der Waals surface area contributed by atoms with Gasteiger partial charge in [0, 0.05) is 18.8 Å². The summed E-state index contributed by atoms with van der Waals surface area (Å²) in [6.45, 7) is 6.92. The zero-order chi connectivity index (χ0) is 14.8. The summed E-state index contributed by atoms with van der Waals surface area (Å²) in [7, 11) is -3.64. The minimum Gasteiger partial charge on any atom is -0.398 e. The van der Waals surface area contributed by atoms with Gasteiger partial charge in [-0.15, -0.1) is 0 Å². The van der Waals surface area contributed by atoms with Crippen LogP contribution in [0.25, 0.3) is 0 Å². The molecule has 1 rings (SSSR count). The number of nitrogens with zero attached hydrogens (tertiary/aromatic N) is 1. The van der Waals surface area contributed by atoms with Crippen LogP contribution in [0, 0.1) is 6.92 Å². The van der Waals surface area contributed by atoms with E-state index in [1.165, 1.54) is 10.4 Å². The van der Waals surface area contributed by atoms with Gasteiger partial charge in [0.25, 0.3) is 0 Å². The maximum Gasteiger partial charge on any atom is 0.243 e. The van der Waals surface area contributed by atoms with Crippen LogP contribution in [-0.2, 0) is 10.0 Å². The molecule has 0 aliphatic carbocycles. The predicted molar refractivity (Wildman–Crippen MR) is 76.3 cm³/mol.